The molecule has 1 aromatic heterocycles. The molecular weight excluding hydrogens is 460 g/mol. The molecule has 35 heavy (non-hydrogen) atoms. The summed E-state index contributed by atoms with van der Waals surface area (Å²) in [6.07, 6.45) is 2.12. The number of rotatable bonds is 6. The van der Waals surface area contributed by atoms with Crippen LogP contribution in [0, 0.1) is 0 Å². The normalized spacial score (nSPS) is 15.5. The first-order chi connectivity index (χ1) is 17.1. The van der Waals surface area contributed by atoms with Crippen molar-refractivity contribution in [2.24, 2.45) is 0 Å². The highest BCUT2D eigenvalue weighted by Crippen LogP contribution is 2.49. The number of fused-ring (bicyclic) bond motifs is 2. The summed E-state index contributed by atoms with van der Waals surface area (Å²) < 4.78 is 16.5. The third-order valence-electron chi connectivity index (χ3n) is 6.19. The Morgan fingerprint density at radius 3 is 2.54 bits per heavy atom. The van der Waals surface area contributed by atoms with Gasteiger partial charge in [-0.05, 0) is 42.0 Å². The predicted molar refractivity (Wildman–Crippen MR) is 139 cm³/mol. The molecule has 0 fully saturated rings. The van der Waals surface area contributed by atoms with Crippen molar-refractivity contribution in [2.45, 2.75) is 23.1 Å². The first-order valence-electron chi connectivity index (χ1n) is 11.3. The Balaban J connectivity index is 1.54. The zero-order valence-electron chi connectivity index (χ0n) is 19.9. The minimum absolute atomic E-state index is 0.0467. The molecule has 5 rings (SSSR count). The fourth-order valence-corrected chi connectivity index (χ4v) is 5.70. The fraction of sp³-hybridized carbons (Fsp3) is 0.214. The zero-order chi connectivity index (χ0) is 24.4. The quantitative estimate of drug-likeness (QED) is 0.332. The van der Waals surface area contributed by atoms with Crippen LogP contribution in [0.4, 0.5) is 5.69 Å². The largest absolute Gasteiger partial charge is 0.497 e. The number of hydrogen-bond acceptors (Lipinski definition) is 6. The van der Waals surface area contributed by atoms with Crippen molar-refractivity contribution in [3.8, 4) is 17.2 Å². The third-order valence-corrected chi connectivity index (χ3v) is 7.47. The van der Waals surface area contributed by atoms with Crippen LogP contribution in [-0.2, 0) is 11.3 Å². The van der Waals surface area contributed by atoms with Gasteiger partial charge in [-0.2, -0.15) is 0 Å². The van der Waals surface area contributed by atoms with Crippen molar-refractivity contribution in [2.75, 3.05) is 26.2 Å². The topological polar surface area (TPSA) is 60.9 Å². The second kappa shape index (κ2) is 9.88. The van der Waals surface area contributed by atoms with E-state index < -0.39 is 0 Å². The molecule has 1 aliphatic rings. The highest BCUT2D eigenvalue weighted by molar-refractivity contribution is 7.99. The van der Waals surface area contributed by atoms with Gasteiger partial charge in [-0.3, -0.25) is 9.78 Å². The van der Waals surface area contributed by atoms with Crippen molar-refractivity contribution in [3.05, 3.63) is 84.1 Å². The molecule has 0 bridgehead atoms. The average molecular weight is 487 g/mol. The van der Waals surface area contributed by atoms with Gasteiger partial charge in [0.2, 0.25) is 5.91 Å². The van der Waals surface area contributed by atoms with Crippen molar-refractivity contribution in [1.82, 2.24) is 4.98 Å². The number of amides is 1. The molecule has 0 saturated carbocycles. The van der Waals surface area contributed by atoms with Crippen molar-refractivity contribution in [1.29, 1.82) is 0 Å². The smallest absolute Gasteiger partial charge is 0.228 e. The summed E-state index contributed by atoms with van der Waals surface area (Å²) in [4.78, 5) is 21.0. The SMILES string of the molecule is COc1ccc(C2CC(=O)N(Cc3ccc4cccnc4c3)c3ccc(OC)cc3S2)c(OC)c1. The molecule has 7 heteroatoms. The number of carbonyl (C=O) groups is 1. The first-order valence-corrected chi connectivity index (χ1v) is 12.2. The van der Waals surface area contributed by atoms with Crippen molar-refractivity contribution in [3.63, 3.8) is 0 Å². The first kappa shape index (κ1) is 23.1. The van der Waals surface area contributed by atoms with Crippen LogP contribution in [-0.4, -0.2) is 32.2 Å². The predicted octanol–water partition coefficient (Wildman–Crippen LogP) is 6.03. The van der Waals surface area contributed by atoms with Gasteiger partial charge in [0.05, 0.1) is 39.1 Å². The highest BCUT2D eigenvalue weighted by atomic mass is 32.2. The Bertz CT molecular complexity index is 1390. The van der Waals surface area contributed by atoms with E-state index >= 15 is 0 Å². The lowest BCUT2D eigenvalue weighted by Gasteiger charge is -2.23. The molecule has 1 amide bonds. The zero-order valence-corrected chi connectivity index (χ0v) is 20.7. The molecule has 0 saturated heterocycles. The maximum Gasteiger partial charge on any atom is 0.228 e. The van der Waals surface area contributed by atoms with Crippen LogP contribution in [0.5, 0.6) is 17.2 Å². The van der Waals surface area contributed by atoms with Gasteiger partial charge in [0, 0.05) is 39.8 Å². The van der Waals surface area contributed by atoms with E-state index in [2.05, 4.69) is 17.1 Å². The molecule has 6 nitrogen and oxygen atoms in total. The fourth-order valence-electron chi connectivity index (χ4n) is 4.36. The summed E-state index contributed by atoms with van der Waals surface area (Å²) in [6.45, 7) is 0.456. The monoisotopic (exact) mass is 486 g/mol. The summed E-state index contributed by atoms with van der Waals surface area (Å²) >= 11 is 1.65. The number of ether oxygens (including phenoxy) is 3. The molecule has 1 atom stereocenters. The number of nitrogens with zero attached hydrogens (tertiary/aromatic N) is 2. The number of benzene rings is 3. The molecule has 1 aliphatic heterocycles. The van der Waals surface area contributed by atoms with E-state index in [1.807, 2.05) is 59.5 Å². The minimum atomic E-state index is -0.127. The average Bonchev–Trinajstić information content (AvgIpc) is 3.03. The number of aromatic nitrogens is 1. The van der Waals surface area contributed by atoms with Gasteiger partial charge < -0.3 is 19.1 Å². The highest BCUT2D eigenvalue weighted by Gasteiger charge is 2.31. The van der Waals surface area contributed by atoms with Crippen LogP contribution in [0.1, 0.15) is 22.8 Å². The number of anilines is 1. The lowest BCUT2D eigenvalue weighted by Crippen LogP contribution is -2.30. The number of carbonyl (C=O) groups excluding carboxylic acids is 1. The number of thioether (sulfide) groups is 1. The third kappa shape index (κ3) is 4.64. The molecule has 0 spiro atoms. The van der Waals surface area contributed by atoms with Crippen LogP contribution in [0.15, 0.2) is 77.8 Å². The van der Waals surface area contributed by atoms with Crippen molar-refractivity contribution < 1.29 is 19.0 Å². The number of pyridine rings is 1. The van der Waals surface area contributed by atoms with Crippen LogP contribution in [0.3, 0.4) is 0 Å². The summed E-state index contributed by atoms with van der Waals surface area (Å²) in [6, 6.07) is 21.7. The molecule has 0 aliphatic carbocycles. The van der Waals surface area contributed by atoms with E-state index in [9.17, 15) is 4.79 Å². The molecule has 0 radical (unpaired) electrons. The van der Waals surface area contributed by atoms with Crippen LogP contribution >= 0.6 is 11.8 Å². The van der Waals surface area contributed by atoms with Gasteiger partial charge in [0.25, 0.3) is 0 Å². The van der Waals surface area contributed by atoms with Gasteiger partial charge in [-0.25, -0.2) is 0 Å². The molecule has 3 aromatic carbocycles. The Labute approximate surface area is 208 Å². The standard InChI is InChI=1S/C28H26N2O4S/c1-32-20-8-10-22(25(14-20)34-3)26-16-28(31)30(24-11-9-21(33-2)15-27(24)35-26)17-18-6-7-19-5-4-12-29-23(19)13-18/h4-15,26H,16-17H2,1-3H3. The Hall–Kier alpha value is -3.71. The Morgan fingerprint density at radius 2 is 1.74 bits per heavy atom. The van der Waals surface area contributed by atoms with Gasteiger partial charge in [0.15, 0.2) is 0 Å². The molecular formula is C28H26N2O4S. The van der Waals surface area contributed by atoms with E-state index in [1.54, 1.807) is 39.3 Å². The Morgan fingerprint density at radius 1 is 0.943 bits per heavy atom. The maximum atomic E-state index is 13.7. The van der Waals surface area contributed by atoms with E-state index in [-0.39, 0.29) is 11.2 Å². The van der Waals surface area contributed by atoms with Gasteiger partial charge >= 0.3 is 0 Å². The summed E-state index contributed by atoms with van der Waals surface area (Å²) in [5.41, 5.74) is 3.77. The molecule has 178 valence electrons. The number of hydrogen-bond donors (Lipinski definition) is 0. The van der Waals surface area contributed by atoms with E-state index in [4.69, 9.17) is 14.2 Å². The molecule has 2 heterocycles. The van der Waals surface area contributed by atoms with Crippen molar-refractivity contribution >= 4 is 34.3 Å². The van der Waals surface area contributed by atoms with E-state index in [0.29, 0.717) is 24.5 Å². The van der Waals surface area contributed by atoms with Crippen LogP contribution in [0.25, 0.3) is 10.9 Å². The van der Waals surface area contributed by atoms with E-state index in [1.165, 1.54) is 0 Å². The lowest BCUT2D eigenvalue weighted by atomic mass is 10.1. The summed E-state index contributed by atoms with van der Waals surface area (Å²) in [7, 11) is 4.91. The Kier molecular flexibility index (Phi) is 6.51. The van der Waals surface area contributed by atoms with Crippen LogP contribution in [0.2, 0.25) is 0 Å². The molecule has 0 N–H and O–H groups in total. The maximum absolute atomic E-state index is 13.7. The second-order valence-electron chi connectivity index (χ2n) is 8.26. The van der Waals surface area contributed by atoms with E-state index in [0.717, 1.165) is 38.4 Å². The van der Waals surface area contributed by atoms with Gasteiger partial charge in [0.1, 0.15) is 17.2 Å². The number of methoxy groups -OCH3 is 3. The van der Waals surface area contributed by atoms with Crippen LogP contribution < -0.4 is 19.1 Å². The lowest BCUT2D eigenvalue weighted by molar-refractivity contribution is -0.118. The summed E-state index contributed by atoms with van der Waals surface area (Å²) in [5.74, 6) is 2.21. The molecule has 4 aromatic rings. The molecule has 1 unspecified atom stereocenters. The summed E-state index contributed by atoms with van der Waals surface area (Å²) in [5, 5.41) is 0.947. The second-order valence-corrected chi connectivity index (χ2v) is 9.51. The van der Waals surface area contributed by atoms with Gasteiger partial charge in [-0.15, -0.1) is 11.8 Å². The van der Waals surface area contributed by atoms with Gasteiger partial charge in [-0.1, -0.05) is 24.3 Å². The minimum Gasteiger partial charge on any atom is -0.497 e.